The van der Waals surface area contributed by atoms with E-state index >= 15 is 0 Å². The van der Waals surface area contributed by atoms with E-state index in [9.17, 15) is 4.79 Å². The molecule has 4 nitrogen and oxygen atoms in total. The van der Waals surface area contributed by atoms with Crippen molar-refractivity contribution in [3.05, 3.63) is 65.2 Å². The topological polar surface area (TPSA) is 32.8 Å². The summed E-state index contributed by atoms with van der Waals surface area (Å²) in [6.07, 6.45) is 0. The Morgan fingerprint density at radius 2 is 1.68 bits per heavy atom. The highest BCUT2D eigenvalue weighted by Crippen LogP contribution is 2.23. The summed E-state index contributed by atoms with van der Waals surface area (Å²) >= 11 is 0. The van der Waals surface area contributed by atoms with Gasteiger partial charge in [-0.15, -0.1) is 0 Å². The standard InChI is InChI=1S/C21H26N2O2/c1-17-7-6-10-20(18(17)2)23-13-11-22(12-14-23)15-21(24)25-16-19-8-4-3-5-9-19/h3-10H,11-16H2,1-2H3. The van der Waals surface area contributed by atoms with Crippen molar-refractivity contribution in [1.82, 2.24) is 4.90 Å². The van der Waals surface area contributed by atoms with Crippen LogP contribution in [0.25, 0.3) is 0 Å². The quantitative estimate of drug-likeness (QED) is 0.784. The Hall–Kier alpha value is -2.33. The normalized spacial score (nSPS) is 15.2. The van der Waals surface area contributed by atoms with E-state index in [0.717, 1.165) is 31.7 Å². The Bertz CT molecular complexity index is 707. The maximum Gasteiger partial charge on any atom is 0.320 e. The van der Waals surface area contributed by atoms with Crippen molar-refractivity contribution < 1.29 is 9.53 Å². The first-order chi connectivity index (χ1) is 12.1. The molecule has 2 aromatic carbocycles. The maximum atomic E-state index is 12.1. The molecule has 1 fully saturated rings. The molecule has 1 heterocycles. The second-order valence-electron chi connectivity index (χ2n) is 6.63. The van der Waals surface area contributed by atoms with Gasteiger partial charge in [0.1, 0.15) is 6.61 Å². The fourth-order valence-electron chi connectivity index (χ4n) is 3.19. The molecule has 4 heteroatoms. The van der Waals surface area contributed by atoms with E-state index in [-0.39, 0.29) is 5.97 Å². The molecular weight excluding hydrogens is 312 g/mol. The number of aryl methyl sites for hydroxylation is 1. The fraction of sp³-hybridized carbons (Fsp3) is 0.381. The van der Waals surface area contributed by atoms with Gasteiger partial charge in [-0.2, -0.15) is 0 Å². The SMILES string of the molecule is Cc1cccc(N2CCN(CC(=O)OCc3ccccc3)CC2)c1C. The summed E-state index contributed by atoms with van der Waals surface area (Å²) in [6, 6.07) is 16.3. The number of hydrogen-bond acceptors (Lipinski definition) is 4. The van der Waals surface area contributed by atoms with E-state index in [4.69, 9.17) is 4.74 Å². The van der Waals surface area contributed by atoms with Gasteiger partial charge >= 0.3 is 5.97 Å². The number of hydrogen-bond donors (Lipinski definition) is 0. The van der Waals surface area contributed by atoms with Crippen molar-refractivity contribution >= 4 is 11.7 Å². The van der Waals surface area contributed by atoms with Gasteiger partial charge in [-0.05, 0) is 36.6 Å². The zero-order chi connectivity index (χ0) is 17.6. The van der Waals surface area contributed by atoms with E-state index in [1.807, 2.05) is 30.3 Å². The summed E-state index contributed by atoms with van der Waals surface area (Å²) < 4.78 is 5.38. The molecule has 25 heavy (non-hydrogen) atoms. The third kappa shape index (κ3) is 4.60. The van der Waals surface area contributed by atoms with Crippen molar-refractivity contribution in [3.63, 3.8) is 0 Å². The summed E-state index contributed by atoms with van der Waals surface area (Å²) in [5, 5.41) is 0. The molecule has 2 aromatic rings. The molecule has 0 radical (unpaired) electrons. The maximum absolute atomic E-state index is 12.1. The second-order valence-corrected chi connectivity index (χ2v) is 6.63. The van der Waals surface area contributed by atoms with E-state index in [2.05, 4.69) is 41.8 Å². The predicted octanol–water partition coefficient (Wildman–Crippen LogP) is 3.17. The molecule has 0 amide bonds. The zero-order valence-corrected chi connectivity index (χ0v) is 15.1. The number of benzene rings is 2. The lowest BCUT2D eigenvalue weighted by molar-refractivity contribution is -0.146. The Labute approximate surface area is 150 Å². The van der Waals surface area contributed by atoms with Crippen molar-refractivity contribution in [1.29, 1.82) is 0 Å². The minimum absolute atomic E-state index is 0.149. The van der Waals surface area contributed by atoms with E-state index in [1.54, 1.807) is 0 Å². The average Bonchev–Trinajstić information content (AvgIpc) is 2.64. The first-order valence-corrected chi connectivity index (χ1v) is 8.86. The Morgan fingerprint density at radius 1 is 0.960 bits per heavy atom. The van der Waals surface area contributed by atoms with Crippen LogP contribution in [0.2, 0.25) is 0 Å². The number of piperazine rings is 1. The van der Waals surface area contributed by atoms with Crippen LogP contribution < -0.4 is 4.90 Å². The largest absolute Gasteiger partial charge is 0.460 e. The van der Waals surface area contributed by atoms with Crippen LogP contribution in [0.15, 0.2) is 48.5 Å². The number of nitrogens with zero attached hydrogens (tertiary/aromatic N) is 2. The van der Waals surface area contributed by atoms with Crippen LogP contribution in [0, 0.1) is 13.8 Å². The molecular formula is C21H26N2O2. The lowest BCUT2D eigenvalue weighted by atomic mass is 10.1. The third-order valence-electron chi connectivity index (χ3n) is 4.88. The van der Waals surface area contributed by atoms with Crippen LogP contribution in [0.1, 0.15) is 16.7 Å². The summed E-state index contributed by atoms with van der Waals surface area (Å²) in [7, 11) is 0. The van der Waals surface area contributed by atoms with E-state index in [1.165, 1.54) is 16.8 Å². The molecule has 0 N–H and O–H groups in total. The number of rotatable bonds is 5. The molecule has 0 unspecified atom stereocenters. The van der Waals surface area contributed by atoms with Gasteiger partial charge in [0.15, 0.2) is 0 Å². The van der Waals surface area contributed by atoms with Crippen LogP contribution in [-0.4, -0.2) is 43.6 Å². The van der Waals surface area contributed by atoms with Crippen LogP contribution in [0.3, 0.4) is 0 Å². The zero-order valence-electron chi connectivity index (χ0n) is 15.1. The van der Waals surface area contributed by atoms with E-state index < -0.39 is 0 Å². The highest BCUT2D eigenvalue weighted by atomic mass is 16.5. The summed E-state index contributed by atoms with van der Waals surface area (Å²) in [4.78, 5) is 16.6. The smallest absolute Gasteiger partial charge is 0.320 e. The van der Waals surface area contributed by atoms with Crippen molar-refractivity contribution in [2.24, 2.45) is 0 Å². The molecule has 132 valence electrons. The molecule has 0 saturated carbocycles. The number of anilines is 1. The Balaban J connectivity index is 1.46. The first kappa shape index (κ1) is 17.5. The summed E-state index contributed by atoms with van der Waals surface area (Å²) in [5.41, 5.74) is 5.00. The fourth-order valence-corrected chi connectivity index (χ4v) is 3.19. The molecule has 0 atom stereocenters. The molecule has 1 aliphatic heterocycles. The molecule has 0 bridgehead atoms. The minimum atomic E-state index is -0.149. The van der Waals surface area contributed by atoms with Gasteiger partial charge in [0.25, 0.3) is 0 Å². The van der Waals surface area contributed by atoms with Crippen molar-refractivity contribution in [2.45, 2.75) is 20.5 Å². The molecule has 1 saturated heterocycles. The third-order valence-corrected chi connectivity index (χ3v) is 4.88. The van der Waals surface area contributed by atoms with Gasteiger partial charge in [0.2, 0.25) is 0 Å². The van der Waals surface area contributed by atoms with Gasteiger partial charge in [0.05, 0.1) is 6.54 Å². The highest BCUT2D eigenvalue weighted by molar-refractivity contribution is 5.71. The van der Waals surface area contributed by atoms with Gasteiger partial charge in [-0.25, -0.2) is 0 Å². The Kier molecular flexibility index (Phi) is 5.71. The highest BCUT2D eigenvalue weighted by Gasteiger charge is 2.20. The van der Waals surface area contributed by atoms with Crippen molar-refractivity contribution in [3.8, 4) is 0 Å². The van der Waals surface area contributed by atoms with Gasteiger partial charge in [-0.1, -0.05) is 42.5 Å². The molecule has 0 spiro atoms. The van der Waals surface area contributed by atoms with Gasteiger partial charge in [0, 0.05) is 31.9 Å². The van der Waals surface area contributed by atoms with E-state index in [0.29, 0.717) is 13.2 Å². The monoisotopic (exact) mass is 338 g/mol. The first-order valence-electron chi connectivity index (χ1n) is 8.86. The molecule has 0 aliphatic carbocycles. The lowest BCUT2D eigenvalue weighted by Gasteiger charge is -2.36. The van der Waals surface area contributed by atoms with Crippen LogP contribution >= 0.6 is 0 Å². The van der Waals surface area contributed by atoms with Crippen molar-refractivity contribution in [2.75, 3.05) is 37.6 Å². The summed E-state index contributed by atoms with van der Waals surface area (Å²) in [5.74, 6) is -0.149. The summed E-state index contributed by atoms with van der Waals surface area (Å²) in [6.45, 7) is 8.69. The Morgan fingerprint density at radius 3 is 2.40 bits per heavy atom. The van der Waals surface area contributed by atoms with Gasteiger partial charge < -0.3 is 9.64 Å². The molecule has 1 aliphatic rings. The second kappa shape index (κ2) is 8.17. The number of carbonyl (C=O) groups excluding carboxylic acids is 1. The van der Waals surface area contributed by atoms with Crippen LogP contribution in [-0.2, 0) is 16.1 Å². The predicted molar refractivity (Wildman–Crippen MR) is 101 cm³/mol. The van der Waals surface area contributed by atoms with Crippen LogP contribution in [0.5, 0.6) is 0 Å². The molecule has 3 rings (SSSR count). The average molecular weight is 338 g/mol. The van der Waals surface area contributed by atoms with Crippen LogP contribution in [0.4, 0.5) is 5.69 Å². The number of carbonyl (C=O) groups is 1. The number of ether oxygens (including phenoxy) is 1. The number of esters is 1. The molecule has 0 aromatic heterocycles. The lowest BCUT2D eigenvalue weighted by Crippen LogP contribution is -2.48. The van der Waals surface area contributed by atoms with Gasteiger partial charge in [-0.3, -0.25) is 9.69 Å². The minimum Gasteiger partial charge on any atom is -0.460 e.